The number of alkyl halides is 2. The number of aliphatic hydroxyl groups is 1. The van der Waals surface area contributed by atoms with Gasteiger partial charge in [-0.1, -0.05) is 24.3 Å². The Balaban J connectivity index is 2.38. The molecule has 1 aromatic rings. The fourth-order valence-corrected chi connectivity index (χ4v) is 2.98. The van der Waals surface area contributed by atoms with Crippen LogP contribution in [0.25, 0.3) is 0 Å². The van der Waals surface area contributed by atoms with Crippen molar-refractivity contribution in [3.8, 4) is 0 Å². The van der Waals surface area contributed by atoms with Crippen LogP contribution >= 0.6 is 0 Å². The second-order valence-corrected chi connectivity index (χ2v) is 5.59. The van der Waals surface area contributed by atoms with Gasteiger partial charge in [0, 0.05) is 5.92 Å². The molecular weight excluding hydrogens is 278 g/mol. The lowest BCUT2D eigenvalue weighted by atomic mass is 9.71. The first-order valence-corrected chi connectivity index (χ1v) is 7.17. The van der Waals surface area contributed by atoms with Gasteiger partial charge in [0.1, 0.15) is 5.60 Å². The molecule has 3 nitrogen and oxygen atoms in total. The standard InChI is InChI=1S/C16H20F2O3/c1-3-21-14(19)16(17,18)15(2,20)13-10-6-8-11-7-4-5-9-12(11)13/h4-5,7,9,13,20H,3,6,8,10H2,1-2H3. The lowest BCUT2D eigenvalue weighted by Gasteiger charge is -2.40. The number of hydrogen-bond donors (Lipinski definition) is 1. The fourth-order valence-electron chi connectivity index (χ4n) is 2.98. The van der Waals surface area contributed by atoms with E-state index in [0.717, 1.165) is 18.9 Å². The summed E-state index contributed by atoms with van der Waals surface area (Å²) in [5, 5.41) is 10.5. The van der Waals surface area contributed by atoms with Gasteiger partial charge in [0.05, 0.1) is 6.61 Å². The van der Waals surface area contributed by atoms with Crippen molar-refractivity contribution in [2.24, 2.45) is 0 Å². The molecule has 1 aliphatic carbocycles. The minimum absolute atomic E-state index is 0.147. The predicted octanol–water partition coefficient (Wildman–Crippen LogP) is 3.06. The number of carbonyl (C=O) groups is 1. The van der Waals surface area contributed by atoms with Gasteiger partial charge in [-0.2, -0.15) is 8.78 Å². The zero-order valence-electron chi connectivity index (χ0n) is 12.2. The predicted molar refractivity (Wildman–Crippen MR) is 74.3 cm³/mol. The number of halogens is 2. The molecule has 0 aromatic heterocycles. The molecular formula is C16H20F2O3. The van der Waals surface area contributed by atoms with Crippen LogP contribution < -0.4 is 0 Å². The minimum atomic E-state index is -3.95. The number of rotatable bonds is 4. The molecule has 0 heterocycles. The number of ether oxygens (including phenoxy) is 1. The van der Waals surface area contributed by atoms with Crippen molar-refractivity contribution < 1.29 is 23.4 Å². The minimum Gasteiger partial charge on any atom is -0.461 e. The number of esters is 1. The third-order valence-corrected chi connectivity index (χ3v) is 4.22. The monoisotopic (exact) mass is 298 g/mol. The van der Waals surface area contributed by atoms with Crippen LogP contribution in [0.1, 0.15) is 43.7 Å². The largest absolute Gasteiger partial charge is 0.461 e. The molecule has 0 spiro atoms. The van der Waals surface area contributed by atoms with Gasteiger partial charge in [-0.05, 0) is 44.2 Å². The van der Waals surface area contributed by atoms with Crippen molar-refractivity contribution >= 4 is 5.97 Å². The highest BCUT2D eigenvalue weighted by Gasteiger charge is 2.61. The van der Waals surface area contributed by atoms with Crippen LogP contribution in [0.4, 0.5) is 8.78 Å². The van der Waals surface area contributed by atoms with Gasteiger partial charge < -0.3 is 9.84 Å². The molecule has 1 aliphatic rings. The van der Waals surface area contributed by atoms with Crippen LogP contribution in [0.5, 0.6) is 0 Å². The highest BCUT2D eigenvalue weighted by Crippen LogP contribution is 2.46. The summed E-state index contributed by atoms with van der Waals surface area (Å²) >= 11 is 0. The summed E-state index contributed by atoms with van der Waals surface area (Å²) in [5.74, 6) is -6.40. The summed E-state index contributed by atoms with van der Waals surface area (Å²) in [4.78, 5) is 11.5. The molecule has 21 heavy (non-hydrogen) atoms. The van der Waals surface area contributed by atoms with E-state index in [9.17, 15) is 18.7 Å². The second kappa shape index (κ2) is 5.72. The van der Waals surface area contributed by atoms with E-state index in [-0.39, 0.29) is 6.61 Å². The van der Waals surface area contributed by atoms with Gasteiger partial charge in [0.25, 0.3) is 0 Å². The molecule has 116 valence electrons. The summed E-state index contributed by atoms with van der Waals surface area (Å²) in [6, 6.07) is 7.23. The van der Waals surface area contributed by atoms with Gasteiger partial charge in [0.2, 0.25) is 0 Å². The first-order valence-electron chi connectivity index (χ1n) is 7.17. The van der Waals surface area contributed by atoms with Gasteiger partial charge in [-0.3, -0.25) is 0 Å². The maximum absolute atomic E-state index is 14.3. The maximum atomic E-state index is 14.3. The Labute approximate surface area is 122 Å². The van der Waals surface area contributed by atoms with Crippen LogP contribution in [0.3, 0.4) is 0 Å². The SMILES string of the molecule is CCOC(=O)C(F)(F)C(C)(O)C1CCCc2ccccc21. The molecule has 1 N–H and O–H groups in total. The van der Waals surface area contributed by atoms with Crippen molar-refractivity contribution in [3.63, 3.8) is 0 Å². The third kappa shape index (κ3) is 2.67. The Morgan fingerprint density at radius 1 is 1.43 bits per heavy atom. The van der Waals surface area contributed by atoms with E-state index in [1.165, 1.54) is 6.92 Å². The van der Waals surface area contributed by atoms with Crippen molar-refractivity contribution in [2.75, 3.05) is 6.61 Å². The van der Waals surface area contributed by atoms with E-state index in [4.69, 9.17) is 0 Å². The zero-order chi connectivity index (χ0) is 15.7. The highest BCUT2D eigenvalue weighted by atomic mass is 19.3. The smallest absolute Gasteiger partial charge is 0.380 e. The molecule has 0 fully saturated rings. The van der Waals surface area contributed by atoms with Crippen LogP contribution in [-0.4, -0.2) is 29.2 Å². The topological polar surface area (TPSA) is 46.5 Å². The Morgan fingerprint density at radius 3 is 2.76 bits per heavy atom. The third-order valence-electron chi connectivity index (χ3n) is 4.22. The summed E-state index contributed by atoms with van der Waals surface area (Å²) in [6.45, 7) is 2.33. The van der Waals surface area contributed by atoms with Gasteiger partial charge in [-0.25, -0.2) is 4.79 Å². The van der Waals surface area contributed by atoms with Crippen LogP contribution in [0, 0.1) is 0 Å². The van der Waals surface area contributed by atoms with Gasteiger partial charge in [-0.15, -0.1) is 0 Å². The molecule has 5 heteroatoms. The molecule has 1 aromatic carbocycles. The number of benzene rings is 1. The highest BCUT2D eigenvalue weighted by molar-refractivity contribution is 5.79. The summed E-state index contributed by atoms with van der Waals surface area (Å²) < 4.78 is 33.1. The molecule has 0 radical (unpaired) electrons. The quantitative estimate of drug-likeness (QED) is 0.869. The van der Waals surface area contributed by atoms with Crippen molar-refractivity contribution in [3.05, 3.63) is 35.4 Å². The molecule has 0 amide bonds. The average Bonchev–Trinajstić information content (AvgIpc) is 2.46. The number of aryl methyl sites for hydroxylation is 1. The van der Waals surface area contributed by atoms with E-state index >= 15 is 0 Å². The van der Waals surface area contributed by atoms with E-state index < -0.39 is 23.4 Å². The maximum Gasteiger partial charge on any atom is 0.380 e. The molecule has 0 saturated heterocycles. The summed E-state index contributed by atoms with van der Waals surface area (Å²) in [5.41, 5.74) is -0.832. The average molecular weight is 298 g/mol. The van der Waals surface area contributed by atoms with Crippen LogP contribution in [0.15, 0.2) is 24.3 Å². The van der Waals surface area contributed by atoms with Gasteiger partial charge in [0.15, 0.2) is 0 Å². The first kappa shape index (κ1) is 15.9. The summed E-state index contributed by atoms with van der Waals surface area (Å²) in [7, 11) is 0. The van der Waals surface area contributed by atoms with Crippen LogP contribution in [-0.2, 0) is 16.0 Å². The molecule has 0 aliphatic heterocycles. The molecule has 0 saturated carbocycles. The van der Waals surface area contributed by atoms with Gasteiger partial charge >= 0.3 is 11.9 Å². The molecule has 0 bridgehead atoms. The summed E-state index contributed by atoms with van der Waals surface area (Å²) in [6.07, 6.45) is 1.92. The lowest BCUT2D eigenvalue weighted by Crippen LogP contribution is -2.56. The second-order valence-electron chi connectivity index (χ2n) is 5.59. The molecule has 2 atom stereocenters. The Bertz CT molecular complexity index is 526. The Kier molecular flexibility index (Phi) is 4.33. The van der Waals surface area contributed by atoms with Crippen molar-refractivity contribution in [2.45, 2.75) is 50.6 Å². The van der Waals surface area contributed by atoms with E-state index in [1.807, 2.05) is 12.1 Å². The molecule has 2 unspecified atom stereocenters. The Hall–Kier alpha value is -1.49. The van der Waals surface area contributed by atoms with Crippen LogP contribution in [0.2, 0.25) is 0 Å². The first-order chi connectivity index (χ1) is 9.82. The number of hydrogen-bond acceptors (Lipinski definition) is 3. The number of fused-ring (bicyclic) bond motifs is 1. The van der Waals surface area contributed by atoms with E-state index in [0.29, 0.717) is 18.4 Å². The Morgan fingerprint density at radius 2 is 2.10 bits per heavy atom. The fraction of sp³-hybridized carbons (Fsp3) is 0.562. The van der Waals surface area contributed by atoms with E-state index in [2.05, 4.69) is 4.74 Å². The van der Waals surface area contributed by atoms with E-state index in [1.54, 1.807) is 12.1 Å². The number of carbonyl (C=O) groups excluding carboxylic acids is 1. The normalized spacial score (nSPS) is 21.3. The van der Waals surface area contributed by atoms with Crippen molar-refractivity contribution in [1.29, 1.82) is 0 Å². The lowest BCUT2D eigenvalue weighted by molar-refractivity contribution is -0.215. The van der Waals surface area contributed by atoms with Crippen molar-refractivity contribution in [1.82, 2.24) is 0 Å². The molecule has 2 rings (SSSR count). The zero-order valence-corrected chi connectivity index (χ0v) is 12.2.